The summed E-state index contributed by atoms with van der Waals surface area (Å²) in [6, 6.07) is 17.5. The third kappa shape index (κ3) is 6.28. The Morgan fingerprint density at radius 1 is 0.853 bits per heavy atom. The van der Waals surface area contributed by atoms with Crippen LogP contribution in [-0.4, -0.2) is 35.0 Å². The lowest BCUT2D eigenvalue weighted by molar-refractivity contribution is -0.116. The number of hydrogen-bond donors (Lipinski definition) is 2. The topological polar surface area (TPSA) is 113 Å². The van der Waals surface area contributed by atoms with Crippen molar-refractivity contribution >= 4 is 54.6 Å². The van der Waals surface area contributed by atoms with Crippen LogP contribution in [0.2, 0.25) is 5.02 Å². The second kappa shape index (κ2) is 10.0. The maximum absolute atomic E-state index is 12.8. The van der Waals surface area contributed by atoms with Crippen LogP contribution in [0.3, 0.4) is 0 Å². The normalized spacial score (nSPS) is 12.6. The van der Waals surface area contributed by atoms with Crippen LogP contribution in [0, 0.1) is 6.92 Å². The molecule has 0 aliphatic rings. The summed E-state index contributed by atoms with van der Waals surface area (Å²) in [7, 11) is -7.60. The molecular weight excluding hydrogens is 498 g/mol. The van der Waals surface area contributed by atoms with Gasteiger partial charge < -0.3 is 5.32 Å². The molecule has 180 valence electrons. The lowest BCUT2D eigenvalue weighted by Crippen LogP contribution is -2.45. The SMILES string of the molecule is Cc1ccc(N([C@H](C)C(=O)Nc2ccc(S(=O)(=O)Nc3ccc(Cl)cc3)cc2)S(C)(=O)=O)cc1. The molecule has 1 atom stereocenters. The van der Waals surface area contributed by atoms with E-state index in [9.17, 15) is 21.6 Å². The second-order valence-corrected chi connectivity index (χ2v) is 11.7. The van der Waals surface area contributed by atoms with Gasteiger partial charge in [-0.3, -0.25) is 13.8 Å². The molecule has 0 fully saturated rings. The molecule has 0 aromatic heterocycles. The summed E-state index contributed by atoms with van der Waals surface area (Å²) >= 11 is 5.82. The van der Waals surface area contributed by atoms with Crippen LogP contribution in [0.15, 0.2) is 77.7 Å². The lowest BCUT2D eigenvalue weighted by Gasteiger charge is -2.28. The van der Waals surface area contributed by atoms with E-state index in [-0.39, 0.29) is 4.90 Å². The van der Waals surface area contributed by atoms with Gasteiger partial charge in [0.25, 0.3) is 10.0 Å². The van der Waals surface area contributed by atoms with Gasteiger partial charge in [-0.15, -0.1) is 0 Å². The number of carbonyl (C=O) groups is 1. The van der Waals surface area contributed by atoms with Crippen LogP contribution >= 0.6 is 11.6 Å². The Kier molecular flexibility index (Phi) is 7.54. The third-order valence-corrected chi connectivity index (χ3v) is 7.80. The summed E-state index contributed by atoms with van der Waals surface area (Å²) in [5.74, 6) is -0.569. The molecule has 11 heteroatoms. The van der Waals surface area contributed by atoms with Crippen molar-refractivity contribution in [1.29, 1.82) is 0 Å². The minimum Gasteiger partial charge on any atom is -0.324 e. The molecule has 3 rings (SSSR count). The molecule has 0 heterocycles. The molecule has 0 saturated heterocycles. The Bertz CT molecular complexity index is 1370. The summed E-state index contributed by atoms with van der Waals surface area (Å²) in [6.45, 7) is 3.35. The molecule has 0 spiro atoms. The van der Waals surface area contributed by atoms with Crippen LogP contribution in [0.4, 0.5) is 17.1 Å². The predicted molar refractivity (Wildman–Crippen MR) is 135 cm³/mol. The van der Waals surface area contributed by atoms with Gasteiger partial charge >= 0.3 is 0 Å². The van der Waals surface area contributed by atoms with E-state index in [1.807, 2.05) is 6.92 Å². The largest absolute Gasteiger partial charge is 0.324 e. The number of carbonyl (C=O) groups excluding carboxylic acids is 1. The van der Waals surface area contributed by atoms with Crippen molar-refractivity contribution in [3.05, 3.63) is 83.4 Å². The number of sulfonamides is 2. The van der Waals surface area contributed by atoms with Gasteiger partial charge in [-0.2, -0.15) is 0 Å². The fourth-order valence-electron chi connectivity index (χ4n) is 3.20. The number of rotatable bonds is 8. The number of hydrogen-bond acceptors (Lipinski definition) is 5. The maximum Gasteiger partial charge on any atom is 0.261 e. The number of amides is 1. The molecule has 0 aliphatic heterocycles. The first-order valence-corrected chi connectivity index (χ1v) is 13.8. The van der Waals surface area contributed by atoms with Crippen molar-refractivity contribution in [3.8, 4) is 0 Å². The Hall–Kier alpha value is -3.08. The average Bonchev–Trinajstić information content (AvgIpc) is 2.76. The highest BCUT2D eigenvalue weighted by Crippen LogP contribution is 2.23. The first-order valence-electron chi connectivity index (χ1n) is 10.1. The molecule has 0 unspecified atom stereocenters. The smallest absolute Gasteiger partial charge is 0.261 e. The zero-order valence-corrected chi connectivity index (χ0v) is 21.1. The van der Waals surface area contributed by atoms with Crippen LogP contribution in [0.5, 0.6) is 0 Å². The van der Waals surface area contributed by atoms with Gasteiger partial charge in [0.15, 0.2) is 0 Å². The molecule has 0 radical (unpaired) electrons. The number of halogens is 1. The van der Waals surface area contributed by atoms with E-state index in [1.54, 1.807) is 36.4 Å². The molecule has 34 heavy (non-hydrogen) atoms. The fraction of sp³-hybridized carbons (Fsp3) is 0.174. The number of aryl methyl sites for hydroxylation is 1. The maximum atomic E-state index is 12.8. The van der Waals surface area contributed by atoms with Crippen LogP contribution in [0.25, 0.3) is 0 Å². The fourth-order valence-corrected chi connectivity index (χ4v) is 5.56. The first kappa shape index (κ1) is 25.5. The van der Waals surface area contributed by atoms with Crippen LogP contribution < -0.4 is 14.3 Å². The van der Waals surface area contributed by atoms with E-state index in [2.05, 4.69) is 10.0 Å². The number of nitrogens with one attached hydrogen (secondary N) is 2. The Labute approximate surface area is 204 Å². The van der Waals surface area contributed by atoms with Crippen molar-refractivity contribution in [3.63, 3.8) is 0 Å². The minimum atomic E-state index is -3.85. The number of nitrogens with zero attached hydrogens (tertiary/aromatic N) is 1. The molecule has 0 aliphatic carbocycles. The molecule has 0 saturated carbocycles. The highest BCUT2D eigenvalue weighted by molar-refractivity contribution is 7.92. The summed E-state index contributed by atoms with van der Waals surface area (Å²) in [4.78, 5) is 12.8. The molecule has 2 N–H and O–H groups in total. The standard InChI is InChI=1S/C23H24ClN3O5S2/c1-16-4-12-21(13-5-16)27(33(3,29)30)17(2)23(28)25-19-10-14-22(15-11-19)34(31,32)26-20-8-6-18(24)7-9-20/h4-15,17,26H,1-3H3,(H,25,28)/t17-/m1/s1. The van der Waals surface area contributed by atoms with Gasteiger partial charge in [0.1, 0.15) is 6.04 Å². The summed E-state index contributed by atoms with van der Waals surface area (Å²) in [5.41, 5.74) is 1.99. The van der Waals surface area contributed by atoms with Crippen molar-refractivity contribution in [1.82, 2.24) is 0 Å². The second-order valence-electron chi connectivity index (χ2n) is 7.70. The van der Waals surface area contributed by atoms with Crippen molar-refractivity contribution in [2.24, 2.45) is 0 Å². The zero-order chi connectivity index (χ0) is 25.1. The third-order valence-electron chi connectivity index (χ3n) is 4.91. The van der Waals surface area contributed by atoms with E-state index in [0.29, 0.717) is 22.1 Å². The van der Waals surface area contributed by atoms with Gasteiger partial charge in [-0.05, 0) is 74.5 Å². The monoisotopic (exact) mass is 521 g/mol. The van der Waals surface area contributed by atoms with Crippen LogP contribution in [0.1, 0.15) is 12.5 Å². The van der Waals surface area contributed by atoms with E-state index in [1.165, 1.54) is 43.3 Å². The molecule has 8 nitrogen and oxygen atoms in total. The highest BCUT2D eigenvalue weighted by atomic mass is 35.5. The van der Waals surface area contributed by atoms with E-state index >= 15 is 0 Å². The average molecular weight is 522 g/mol. The highest BCUT2D eigenvalue weighted by Gasteiger charge is 2.29. The van der Waals surface area contributed by atoms with E-state index in [0.717, 1.165) is 16.1 Å². The predicted octanol–water partition coefficient (Wildman–Crippen LogP) is 4.24. The summed E-state index contributed by atoms with van der Waals surface area (Å²) in [5, 5.41) is 3.12. The van der Waals surface area contributed by atoms with E-state index in [4.69, 9.17) is 11.6 Å². The minimum absolute atomic E-state index is 0.00841. The van der Waals surface area contributed by atoms with Crippen molar-refractivity contribution < 1.29 is 21.6 Å². The lowest BCUT2D eigenvalue weighted by atomic mass is 10.2. The zero-order valence-electron chi connectivity index (χ0n) is 18.7. The van der Waals surface area contributed by atoms with E-state index < -0.39 is 32.0 Å². The molecular formula is C23H24ClN3O5S2. The van der Waals surface area contributed by atoms with Gasteiger partial charge in [0.2, 0.25) is 15.9 Å². The Morgan fingerprint density at radius 3 is 1.91 bits per heavy atom. The van der Waals surface area contributed by atoms with Gasteiger partial charge in [-0.1, -0.05) is 29.3 Å². The molecule has 3 aromatic rings. The van der Waals surface area contributed by atoms with Gasteiger partial charge in [-0.25, -0.2) is 16.8 Å². The van der Waals surface area contributed by atoms with Gasteiger partial charge in [0.05, 0.1) is 16.8 Å². The Morgan fingerprint density at radius 2 is 1.38 bits per heavy atom. The quantitative estimate of drug-likeness (QED) is 0.460. The number of anilines is 3. The number of benzene rings is 3. The summed E-state index contributed by atoms with van der Waals surface area (Å²) < 4.78 is 53.5. The molecule has 1 amide bonds. The van der Waals surface area contributed by atoms with Crippen LogP contribution in [-0.2, 0) is 24.8 Å². The Balaban J connectivity index is 1.75. The molecule has 3 aromatic carbocycles. The van der Waals surface area contributed by atoms with Crippen molar-refractivity contribution in [2.45, 2.75) is 24.8 Å². The molecule has 0 bridgehead atoms. The first-order chi connectivity index (χ1) is 15.9. The summed E-state index contributed by atoms with van der Waals surface area (Å²) in [6.07, 6.45) is 1.03. The van der Waals surface area contributed by atoms with Crippen molar-refractivity contribution in [2.75, 3.05) is 20.6 Å². The van der Waals surface area contributed by atoms with Gasteiger partial charge in [0, 0.05) is 16.4 Å².